The molecular formula is C11H20O. The highest BCUT2D eigenvalue weighted by Gasteiger charge is 2.19. The molecule has 0 aromatic heterocycles. The first-order chi connectivity index (χ1) is 5.95. The van der Waals surface area contributed by atoms with Crippen molar-refractivity contribution in [2.24, 2.45) is 5.92 Å². The Morgan fingerprint density at radius 3 is 2.08 bits per heavy atom. The van der Waals surface area contributed by atoms with E-state index in [0.717, 1.165) is 12.5 Å². The van der Waals surface area contributed by atoms with Gasteiger partial charge >= 0.3 is 0 Å². The monoisotopic (exact) mass is 168 g/mol. The summed E-state index contributed by atoms with van der Waals surface area (Å²) in [6, 6.07) is 0. The smallest absolute Gasteiger partial charge is 0.0575 e. The van der Waals surface area contributed by atoms with Gasteiger partial charge in [0, 0.05) is 6.61 Å². The molecule has 0 saturated heterocycles. The Morgan fingerprint density at radius 2 is 1.42 bits per heavy atom. The Bertz CT molecular complexity index is 105. The van der Waals surface area contributed by atoms with Gasteiger partial charge in [-0.25, -0.2) is 0 Å². The molecule has 0 radical (unpaired) electrons. The average Bonchev–Trinajstić information content (AvgIpc) is 2.74. The molecule has 2 rings (SSSR count). The first-order valence-electron chi connectivity index (χ1n) is 5.57. The Balaban J connectivity index is 1.60. The van der Waals surface area contributed by atoms with Crippen molar-refractivity contribution >= 4 is 0 Å². The molecule has 12 heavy (non-hydrogen) atoms. The van der Waals surface area contributed by atoms with E-state index in [0.29, 0.717) is 6.10 Å². The van der Waals surface area contributed by atoms with E-state index in [9.17, 15) is 0 Å². The molecule has 2 saturated carbocycles. The lowest BCUT2D eigenvalue weighted by molar-refractivity contribution is 0.0349. The van der Waals surface area contributed by atoms with E-state index in [1.807, 2.05) is 0 Å². The van der Waals surface area contributed by atoms with Crippen molar-refractivity contribution in [3.63, 3.8) is 0 Å². The number of rotatable bonds is 3. The lowest BCUT2D eigenvalue weighted by Gasteiger charge is -2.14. The summed E-state index contributed by atoms with van der Waals surface area (Å²) in [5, 5.41) is 0. The van der Waals surface area contributed by atoms with E-state index < -0.39 is 0 Å². The summed E-state index contributed by atoms with van der Waals surface area (Å²) in [6.07, 6.45) is 11.8. The minimum Gasteiger partial charge on any atom is -0.378 e. The molecule has 0 N–H and O–H groups in total. The topological polar surface area (TPSA) is 9.23 Å². The SMILES string of the molecule is C1CCC(COC2CCCC2)C1. The van der Waals surface area contributed by atoms with Crippen molar-refractivity contribution in [1.82, 2.24) is 0 Å². The second-order valence-electron chi connectivity index (χ2n) is 4.39. The van der Waals surface area contributed by atoms with Gasteiger partial charge in [-0.15, -0.1) is 0 Å². The molecule has 0 aliphatic heterocycles. The van der Waals surface area contributed by atoms with Crippen LogP contribution < -0.4 is 0 Å². The van der Waals surface area contributed by atoms with E-state index in [4.69, 9.17) is 4.74 Å². The zero-order chi connectivity index (χ0) is 8.23. The van der Waals surface area contributed by atoms with E-state index >= 15 is 0 Å². The zero-order valence-corrected chi connectivity index (χ0v) is 7.93. The Hall–Kier alpha value is -0.0400. The van der Waals surface area contributed by atoms with E-state index in [1.54, 1.807) is 0 Å². The predicted octanol–water partition coefficient (Wildman–Crippen LogP) is 3.14. The molecule has 0 aromatic carbocycles. The summed E-state index contributed by atoms with van der Waals surface area (Å²) in [5.41, 5.74) is 0. The van der Waals surface area contributed by atoms with E-state index in [-0.39, 0.29) is 0 Å². The first kappa shape index (κ1) is 8.55. The van der Waals surface area contributed by atoms with Gasteiger partial charge in [0.1, 0.15) is 0 Å². The van der Waals surface area contributed by atoms with E-state index in [2.05, 4.69) is 0 Å². The van der Waals surface area contributed by atoms with Gasteiger partial charge in [0.05, 0.1) is 6.10 Å². The van der Waals surface area contributed by atoms with Crippen LogP contribution in [0.1, 0.15) is 51.4 Å². The highest BCUT2D eigenvalue weighted by Crippen LogP contribution is 2.27. The third kappa shape index (κ3) is 2.22. The molecular weight excluding hydrogens is 148 g/mol. The van der Waals surface area contributed by atoms with Crippen LogP contribution in [0.4, 0.5) is 0 Å². The summed E-state index contributed by atoms with van der Waals surface area (Å²) in [5.74, 6) is 0.908. The summed E-state index contributed by atoms with van der Waals surface area (Å²) in [6.45, 7) is 1.06. The molecule has 0 heterocycles. The van der Waals surface area contributed by atoms with Crippen molar-refractivity contribution in [2.75, 3.05) is 6.61 Å². The van der Waals surface area contributed by atoms with Crippen LogP contribution in [0.3, 0.4) is 0 Å². The van der Waals surface area contributed by atoms with Gasteiger partial charge in [0.25, 0.3) is 0 Å². The fraction of sp³-hybridized carbons (Fsp3) is 1.00. The van der Waals surface area contributed by atoms with Crippen LogP contribution in [0.2, 0.25) is 0 Å². The molecule has 1 nitrogen and oxygen atoms in total. The van der Waals surface area contributed by atoms with Crippen LogP contribution in [-0.4, -0.2) is 12.7 Å². The van der Waals surface area contributed by atoms with Crippen molar-refractivity contribution in [1.29, 1.82) is 0 Å². The molecule has 1 heteroatoms. The minimum absolute atomic E-state index is 0.630. The Labute approximate surface area is 75.5 Å². The van der Waals surface area contributed by atoms with Crippen molar-refractivity contribution in [3.8, 4) is 0 Å². The molecule has 0 spiro atoms. The van der Waals surface area contributed by atoms with Gasteiger partial charge in [-0.1, -0.05) is 25.7 Å². The summed E-state index contributed by atoms with van der Waals surface area (Å²) in [7, 11) is 0. The van der Waals surface area contributed by atoms with Gasteiger partial charge < -0.3 is 4.74 Å². The number of ether oxygens (including phenoxy) is 1. The van der Waals surface area contributed by atoms with Crippen LogP contribution in [-0.2, 0) is 4.74 Å². The van der Waals surface area contributed by atoms with E-state index in [1.165, 1.54) is 51.4 Å². The van der Waals surface area contributed by atoms with Crippen LogP contribution in [0.15, 0.2) is 0 Å². The zero-order valence-electron chi connectivity index (χ0n) is 7.93. The maximum absolute atomic E-state index is 5.89. The van der Waals surface area contributed by atoms with Gasteiger partial charge in [-0.05, 0) is 31.6 Å². The van der Waals surface area contributed by atoms with Crippen LogP contribution in [0.5, 0.6) is 0 Å². The van der Waals surface area contributed by atoms with Gasteiger partial charge in [-0.2, -0.15) is 0 Å². The molecule has 2 aliphatic rings. The highest BCUT2D eigenvalue weighted by atomic mass is 16.5. The second-order valence-corrected chi connectivity index (χ2v) is 4.39. The lowest BCUT2D eigenvalue weighted by Crippen LogP contribution is -2.13. The largest absolute Gasteiger partial charge is 0.378 e. The van der Waals surface area contributed by atoms with Crippen molar-refractivity contribution < 1.29 is 4.74 Å². The molecule has 0 amide bonds. The van der Waals surface area contributed by atoms with Gasteiger partial charge in [0.15, 0.2) is 0 Å². The maximum atomic E-state index is 5.89. The average molecular weight is 168 g/mol. The third-order valence-electron chi connectivity index (χ3n) is 3.34. The van der Waals surface area contributed by atoms with Gasteiger partial charge in [0.2, 0.25) is 0 Å². The number of hydrogen-bond acceptors (Lipinski definition) is 1. The maximum Gasteiger partial charge on any atom is 0.0575 e. The normalized spacial score (nSPS) is 27.0. The molecule has 0 aromatic rings. The van der Waals surface area contributed by atoms with Crippen LogP contribution in [0, 0.1) is 5.92 Å². The summed E-state index contributed by atoms with van der Waals surface area (Å²) in [4.78, 5) is 0. The fourth-order valence-electron chi connectivity index (χ4n) is 2.50. The molecule has 70 valence electrons. The molecule has 0 atom stereocenters. The highest BCUT2D eigenvalue weighted by molar-refractivity contribution is 4.70. The first-order valence-corrected chi connectivity index (χ1v) is 5.57. The fourth-order valence-corrected chi connectivity index (χ4v) is 2.50. The van der Waals surface area contributed by atoms with Gasteiger partial charge in [-0.3, -0.25) is 0 Å². The van der Waals surface area contributed by atoms with Crippen molar-refractivity contribution in [2.45, 2.75) is 57.5 Å². The van der Waals surface area contributed by atoms with Crippen molar-refractivity contribution in [3.05, 3.63) is 0 Å². The predicted molar refractivity (Wildman–Crippen MR) is 50.2 cm³/mol. The molecule has 2 aliphatic carbocycles. The Kier molecular flexibility index (Phi) is 3.04. The lowest BCUT2D eigenvalue weighted by atomic mass is 10.1. The molecule has 0 unspecified atom stereocenters. The summed E-state index contributed by atoms with van der Waals surface area (Å²) < 4.78 is 5.89. The summed E-state index contributed by atoms with van der Waals surface area (Å²) >= 11 is 0. The minimum atomic E-state index is 0.630. The number of hydrogen-bond donors (Lipinski definition) is 0. The quantitative estimate of drug-likeness (QED) is 0.629. The second kappa shape index (κ2) is 4.27. The standard InChI is InChI=1S/C11H20O/c1-2-6-10(5-1)9-12-11-7-3-4-8-11/h10-11H,1-9H2. The Morgan fingerprint density at radius 1 is 0.833 bits per heavy atom. The third-order valence-corrected chi connectivity index (χ3v) is 3.34. The molecule has 2 fully saturated rings. The van der Waals surface area contributed by atoms with Crippen LogP contribution >= 0.6 is 0 Å². The molecule has 0 bridgehead atoms. The van der Waals surface area contributed by atoms with Crippen LogP contribution in [0.25, 0.3) is 0 Å².